The SMILES string of the molecule is CCCn1cc(C(O)c2cc(C)cc(F)c2)cn1. The molecule has 3 nitrogen and oxygen atoms in total. The minimum absolute atomic E-state index is 0.329. The lowest BCUT2D eigenvalue weighted by atomic mass is 10.0. The van der Waals surface area contributed by atoms with Crippen molar-refractivity contribution in [2.45, 2.75) is 32.9 Å². The van der Waals surface area contributed by atoms with E-state index in [2.05, 4.69) is 12.0 Å². The first-order valence-corrected chi connectivity index (χ1v) is 6.07. The van der Waals surface area contributed by atoms with E-state index in [9.17, 15) is 9.50 Å². The van der Waals surface area contributed by atoms with Crippen molar-refractivity contribution in [2.75, 3.05) is 0 Å². The topological polar surface area (TPSA) is 38.0 Å². The number of rotatable bonds is 4. The molecule has 0 aliphatic carbocycles. The smallest absolute Gasteiger partial charge is 0.123 e. The third-order valence-electron chi connectivity index (χ3n) is 2.80. The summed E-state index contributed by atoms with van der Waals surface area (Å²) >= 11 is 0. The largest absolute Gasteiger partial charge is 0.384 e. The van der Waals surface area contributed by atoms with Gasteiger partial charge in [-0.25, -0.2) is 4.39 Å². The number of halogens is 1. The Morgan fingerprint density at radius 2 is 2.11 bits per heavy atom. The Morgan fingerprint density at radius 1 is 1.33 bits per heavy atom. The van der Waals surface area contributed by atoms with Crippen molar-refractivity contribution in [1.29, 1.82) is 0 Å². The lowest BCUT2D eigenvalue weighted by molar-refractivity contribution is 0.219. The Hall–Kier alpha value is -1.68. The Kier molecular flexibility index (Phi) is 3.77. The number of aliphatic hydroxyl groups excluding tert-OH is 1. The number of nitrogens with zero attached hydrogens (tertiary/aromatic N) is 2. The third kappa shape index (κ3) is 2.76. The van der Waals surface area contributed by atoms with E-state index in [1.165, 1.54) is 12.1 Å². The predicted octanol–water partition coefficient (Wildman–Crippen LogP) is 2.82. The summed E-state index contributed by atoms with van der Waals surface area (Å²) in [6.07, 6.45) is 3.58. The van der Waals surface area contributed by atoms with Gasteiger partial charge in [0.15, 0.2) is 0 Å². The molecule has 1 aromatic heterocycles. The lowest BCUT2D eigenvalue weighted by Gasteiger charge is -2.10. The average Bonchev–Trinajstić information content (AvgIpc) is 2.76. The molecule has 0 bridgehead atoms. The number of hydrogen-bond donors (Lipinski definition) is 1. The van der Waals surface area contributed by atoms with Gasteiger partial charge in [-0.15, -0.1) is 0 Å². The average molecular weight is 248 g/mol. The molecule has 0 spiro atoms. The standard InChI is InChI=1S/C14H17FN2O/c1-3-4-17-9-12(8-16-17)14(18)11-5-10(2)6-13(15)7-11/h5-9,14,18H,3-4H2,1-2H3. The van der Waals surface area contributed by atoms with Crippen LogP contribution in [0.2, 0.25) is 0 Å². The van der Waals surface area contributed by atoms with Crippen LogP contribution >= 0.6 is 0 Å². The summed E-state index contributed by atoms with van der Waals surface area (Å²) in [5.74, 6) is -0.329. The molecule has 0 amide bonds. The summed E-state index contributed by atoms with van der Waals surface area (Å²) in [6, 6.07) is 4.58. The molecule has 0 aliphatic rings. The van der Waals surface area contributed by atoms with Crippen LogP contribution in [0.5, 0.6) is 0 Å². The molecule has 0 saturated heterocycles. The second-order valence-corrected chi connectivity index (χ2v) is 4.50. The van der Waals surface area contributed by atoms with E-state index in [1.807, 2.05) is 0 Å². The van der Waals surface area contributed by atoms with Crippen molar-refractivity contribution in [2.24, 2.45) is 0 Å². The Morgan fingerprint density at radius 3 is 2.78 bits per heavy atom. The van der Waals surface area contributed by atoms with Gasteiger partial charge < -0.3 is 5.11 Å². The van der Waals surface area contributed by atoms with Gasteiger partial charge in [0.05, 0.1) is 6.20 Å². The van der Waals surface area contributed by atoms with Crippen molar-refractivity contribution in [1.82, 2.24) is 9.78 Å². The van der Waals surface area contributed by atoms with Gasteiger partial charge in [0.25, 0.3) is 0 Å². The molecule has 2 rings (SSSR count). The van der Waals surface area contributed by atoms with Crippen molar-refractivity contribution in [3.63, 3.8) is 0 Å². The minimum atomic E-state index is -0.829. The fourth-order valence-corrected chi connectivity index (χ4v) is 1.99. The highest BCUT2D eigenvalue weighted by Gasteiger charge is 2.13. The van der Waals surface area contributed by atoms with E-state index in [4.69, 9.17) is 0 Å². The highest BCUT2D eigenvalue weighted by Crippen LogP contribution is 2.23. The van der Waals surface area contributed by atoms with Crippen molar-refractivity contribution in [3.8, 4) is 0 Å². The molecule has 0 aliphatic heterocycles. The van der Waals surface area contributed by atoms with Gasteiger partial charge in [-0.05, 0) is 36.6 Å². The summed E-state index contributed by atoms with van der Waals surface area (Å²) in [6.45, 7) is 4.68. The highest BCUT2D eigenvalue weighted by molar-refractivity contribution is 5.31. The van der Waals surface area contributed by atoms with Crippen molar-refractivity contribution < 1.29 is 9.50 Å². The zero-order valence-electron chi connectivity index (χ0n) is 10.6. The second kappa shape index (κ2) is 5.31. The molecule has 1 unspecified atom stereocenters. The summed E-state index contributed by atoms with van der Waals surface area (Å²) in [5, 5.41) is 14.4. The van der Waals surface area contributed by atoms with Crippen LogP contribution in [0.15, 0.2) is 30.6 Å². The molecule has 0 fully saturated rings. The molecule has 1 atom stereocenters. The Labute approximate surface area is 106 Å². The molecular weight excluding hydrogens is 231 g/mol. The molecule has 0 radical (unpaired) electrons. The van der Waals surface area contributed by atoms with Crippen LogP contribution in [0.1, 0.15) is 36.1 Å². The van der Waals surface area contributed by atoms with Gasteiger partial charge in [-0.2, -0.15) is 5.10 Å². The van der Waals surface area contributed by atoms with Crippen LogP contribution < -0.4 is 0 Å². The Balaban J connectivity index is 2.26. The maximum atomic E-state index is 13.3. The minimum Gasteiger partial charge on any atom is -0.384 e. The fourth-order valence-electron chi connectivity index (χ4n) is 1.99. The molecular formula is C14H17FN2O. The van der Waals surface area contributed by atoms with Crippen LogP contribution in [0.4, 0.5) is 4.39 Å². The second-order valence-electron chi connectivity index (χ2n) is 4.50. The summed E-state index contributed by atoms with van der Waals surface area (Å²) in [5.41, 5.74) is 2.04. The summed E-state index contributed by atoms with van der Waals surface area (Å²) < 4.78 is 15.1. The number of aromatic nitrogens is 2. The van der Waals surface area contributed by atoms with Crippen LogP contribution in [0.3, 0.4) is 0 Å². The first kappa shape index (κ1) is 12.8. The molecule has 1 heterocycles. The first-order valence-electron chi connectivity index (χ1n) is 6.07. The van der Waals surface area contributed by atoms with E-state index in [1.54, 1.807) is 30.1 Å². The van der Waals surface area contributed by atoms with Gasteiger partial charge in [0.2, 0.25) is 0 Å². The van der Waals surface area contributed by atoms with Gasteiger partial charge in [0.1, 0.15) is 11.9 Å². The predicted molar refractivity (Wildman–Crippen MR) is 67.7 cm³/mol. The summed E-state index contributed by atoms with van der Waals surface area (Å²) in [7, 11) is 0. The number of aryl methyl sites for hydroxylation is 2. The summed E-state index contributed by atoms with van der Waals surface area (Å²) in [4.78, 5) is 0. The first-order chi connectivity index (χ1) is 8.60. The monoisotopic (exact) mass is 248 g/mol. The van der Waals surface area contributed by atoms with Gasteiger partial charge in [-0.1, -0.05) is 13.0 Å². The normalized spacial score (nSPS) is 12.7. The Bertz CT molecular complexity index is 516. The number of aliphatic hydroxyl groups is 1. The zero-order chi connectivity index (χ0) is 13.1. The fraction of sp³-hybridized carbons (Fsp3) is 0.357. The zero-order valence-corrected chi connectivity index (χ0v) is 10.6. The molecule has 4 heteroatoms. The van der Waals surface area contributed by atoms with Gasteiger partial charge >= 0.3 is 0 Å². The lowest BCUT2D eigenvalue weighted by Crippen LogP contribution is -2.00. The van der Waals surface area contributed by atoms with Crippen molar-refractivity contribution >= 4 is 0 Å². The van der Waals surface area contributed by atoms with E-state index in [0.29, 0.717) is 11.1 Å². The van der Waals surface area contributed by atoms with Crippen molar-refractivity contribution in [3.05, 3.63) is 53.1 Å². The van der Waals surface area contributed by atoms with Crippen LogP contribution in [-0.2, 0) is 6.54 Å². The van der Waals surface area contributed by atoms with Crippen LogP contribution in [0, 0.1) is 12.7 Å². The highest BCUT2D eigenvalue weighted by atomic mass is 19.1. The molecule has 1 aromatic carbocycles. The van der Waals surface area contributed by atoms with E-state index in [0.717, 1.165) is 18.5 Å². The third-order valence-corrected chi connectivity index (χ3v) is 2.80. The molecule has 1 N–H and O–H groups in total. The molecule has 96 valence electrons. The molecule has 2 aromatic rings. The van der Waals surface area contributed by atoms with E-state index >= 15 is 0 Å². The van der Waals surface area contributed by atoms with Crippen LogP contribution in [-0.4, -0.2) is 14.9 Å². The van der Waals surface area contributed by atoms with Gasteiger partial charge in [0, 0.05) is 18.3 Å². The number of hydrogen-bond acceptors (Lipinski definition) is 2. The maximum Gasteiger partial charge on any atom is 0.123 e. The molecule has 18 heavy (non-hydrogen) atoms. The van der Waals surface area contributed by atoms with Crippen LogP contribution in [0.25, 0.3) is 0 Å². The van der Waals surface area contributed by atoms with Gasteiger partial charge in [-0.3, -0.25) is 4.68 Å². The number of benzene rings is 1. The van der Waals surface area contributed by atoms with E-state index < -0.39 is 6.10 Å². The quantitative estimate of drug-likeness (QED) is 0.903. The molecule has 0 saturated carbocycles. The maximum absolute atomic E-state index is 13.3. The van der Waals surface area contributed by atoms with E-state index in [-0.39, 0.29) is 5.82 Å².